The summed E-state index contributed by atoms with van der Waals surface area (Å²) < 4.78 is 40.3. The number of carboxylic acids is 1. The molecule has 106 valence electrons. The number of halogens is 3. The van der Waals surface area contributed by atoms with Crippen molar-refractivity contribution < 1.29 is 32.6 Å². The van der Waals surface area contributed by atoms with Crippen LogP contribution in [-0.2, 0) is 4.84 Å². The molecule has 1 aromatic rings. The van der Waals surface area contributed by atoms with Crippen LogP contribution >= 0.6 is 0 Å². The highest BCUT2D eigenvalue weighted by atomic mass is 19.4. The van der Waals surface area contributed by atoms with E-state index in [2.05, 4.69) is 10.3 Å². The zero-order chi connectivity index (χ0) is 14.3. The molecule has 0 amide bonds. The van der Waals surface area contributed by atoms with Gasteiger partial charge in [0.1, 0.15) is 17.9 Å². The fourth-order valence-corrected chi connectivity index (χ4v) is 1.18. The van der Waals surface area contributed by atoms with E-state index in [-0.39, 0.29) is 24.5 Å². The predicted octanol–water partition coefficient (Wildman–Crippen LogP) is 1.85. The molecular formula is C11H12F3NO4. The Morgan fingerprint density at radius 2 is 2.00 bits per heavy atom. The summed E-state index contributed by atoms with van der Waals surface area (Å²) in [5, 5.41) is 8.85. The molecule has 0 aliphatic heterocycles. The Morgan fingerprint density at radius 1 is 1.32 bits per heavy atom. The van der Waals surface area contributed by atoms with E-state index in [1.807, 2.05) is 0 Å². The molecular weight excluding hydrogens is 267 g/mol. The third kappa shape index (κ3) is 6.07. The lowest BCUT2D eigenvalue weighted by molar-refractivity contribution is -0.189. The lowest BCUT2D eigenvalue weighted by atomic mass is 10.2. The maximum absolute atomic E-state index is 11.7. The lowest BCUT2D eigenvalue weighted by Gasteiger charge is -2.10. The molecule has 0 saturated heterocycles. The smallest absolute Gasteiger partial charge is 0.413 e. The van der Waals surface area contributed by atoms with Crippen LogP contribution in [0, 0.1) is 0 Å². The molecule has 0 atom stereocenters. The zero-order valence-electron chi connectivity index (χ0n) is 9.74. The van der Waals surface area contributed by atoms with Gasteiger partial charge < -0.3 is 9.84 Å². The molecule has 1 rings (SSSR count). The Kier molecular flexibility index (Phi) is 5.58. The molecule has 0 fully saturated rings. The second kappa shape index (κ2) is 6.95. The van der Waals surface area contributed by atoms with Crippen LogP contribution in [0.1, 0.15) is 10.4 Å². The van der Waals surface area contributed by atoms with Gasteiger partial charge in [-0.05, 0) is 12.1 Å². The first-order valence-electron chi connectivity index (χ1n) is 5.26. The number of para-hydroxylation sites is 1. The molecule has 2 N–H and O–H groups in total. The Balaban J connectivity index is 2.28. The number of hydroxylamine groups is 1. The van der Waals surface area contributed by atoms with Crippen LogP contribution in [0.5, 0.6) is 5.75 Å². The van der Waals surface area contributed by atoms with Crippen LogP contribution in [0.25, 0.3) is 0 Å². The lowest BCUT2D eigenvalue weighted by Crippen LogP contribution is -2.27. The summed E-state index contributed by atoms with van der Waals surface area (Å²) in [6, 6.07) is 5.96. The summed E-state index contributed by atoms with van der Waals surface area (Å²) in [6.45, 7) is -1.44. The van der Waals surface area contributed by atoms with Crippen molar-refractivity contribution in [2.24, 2.45) is 0 Å². The van der Waals surface area contributed by atoms with Gasteiger partial charge in [0, 0.05) is 0 Å². The van der Waals surface area contributed by atoms with E-state index in [1.54, 1.807) is 12.1 Å². The number of rotatable bonds is 7. The van der Waals surface area contributed by atoms with Crippen LogP contribution in [0.2, 0.25) is 0 Å². The van der Waals surface area contributed by atoms with Crippen molar-refractivity contribution >= 4 is 5.97 Å². The molecule has 0 saturated carbocycles. The van der Waals surface area contributed by atoms with Crippen LogP contribution in [0.3, 0.4) is 0 Å². The fourth-order valence-electron chi connectivity index (χ4n) is 1.18. The van der Waals surface area contributed by atoms with Crippen molar-refractivity contribution in [3.63, 3.8) is 0 Å². The first-order valence-corrected chi connectivity index (χ1v) is 5.26. The molecule has 1 aromatic carbocycles. The minimum absolute atomic E-state index is 0.00989. The van der Waals surface area contributed by atoms with Crippen molar-refractivity contribution in [3.8, 4) is 5.75 Å². The minimum atomic E-state index is -4.40. The highest BCUT2D eigenvalue weighted by Crippen LogP contribution is 2.17. The van der Waals surface area contributed by atoms with Crippen LogP contribution in [0.4, 0.5) is 13.2 Å². The monoisotopic (exact) mass is 279 g/mol. The number of benzene rings is 1. The molecule has 0 heterocycles. The van der Waals surface area contributed by atoms with E-state index in [0.29, 0.717) is 0 Å². The SMILES string of the molecule is O=C(O)c1ccccc1OCCNOCC(F)(F)F. The Labute approximate surface area is 106 Å². The van der Waals surface area contributed by atoms with Gasteiger partial charge in [0.2, 0.25) is 0 Å². The second-order valence-corrected chi connectivity index (χ2v) is 3.45. The largest absolute Gasteiger partial charge is 0.491 e. The highest BCUT2D eigenvalue weighted by molar-refractivity contribution is 5.90. The van der Waals surface area contributed by atoms with E-state index in [0.717, 1.165) is 0 Å². The maximum Gasteiger partial charge on any atom is 0.413 e. The van der Waals surface area contributed by atoms with Gasteiger partial charge >= 0.3 is 12.1 Å². The van der Waals surface area contributed by atoms with E-state index < -0.39 is 18.8 Å². The topological polar surface area (TPSA) is 67.8 Å². The van der Waals surface area contributed by atoms with Crippen molar-refractivity contribution in [2.45, 2.75) is 6.18 Å². The zero-order valence-corrected chi connectivity index (χ0v) is 9.74. The number of aromatic carboxylic acids is 1. The number of hydrogen-bond acceptors (Lipinski definition) is 4. The minimum Gasteiger partial charge on any atom is -0.491 e. The standard InChI is InChI=1S/C11H12F3NO4/c12-11(13,14)7-19-15-5-6-18-9-4-2-1-3-8(9)10(16)17/h1-4,15H,5-7H2,(H,16,17). The summed E-state index contributed by atoms with van der Waals surface area (Å²) in [6.07, 6.45) is -4.40. The van der Waals surface area contributed by atoms with Gasteiger partial charge in [0.05, 0.1) is 6.54 Å². The van der Waals surface area contributed by atoms with Crippen LogP contribution in [0.15, 0.2) is 24.3 Å². The van der Waals surface area contributed by atoms with Gasteiger partial charge in [-0.3, -0.25) is 4.84 Å². The Morgan fingerprint density at radius 3 is 2.63 bits per heavy atom. The van der Waals surface area contributed by atoms with E-state index >= 15 is 0 Å². The van der Waals surface area contributed by atoms with Gasteiger partial charge in [-0.15, -0.1) is 0 Å². The van der Waals surface area contributed by atoms with Gasteiger partial charge in [-0.25, -0.2) is 4.79 Å². The molecule has 0 radical (unpaired) electrons. The van der Waals surface area contributed by atoms with Gasteiger partial charge in [-0.2, -0.15) is 18.7 Å². The molecule has 0 unspecified atom stereocenters. The number of alkyl halides is 3. The Hall–Kier alpha value is -1.80. The predicted molar refractivity (Wildman–Crippen MR) is 58.9 cm³/mol. The quantitative estimate of drug-likeness (QED) is 0.589. The summed E-state index contributed by atoms with van der Waals surface area (Å²) in [4.78, 5) is 15.0. The highest BCUT2D eigenvalue weighted by Gasteiger charge is 2.27. The number of hydrogen-bond donors (Lipinski definition) is 2. The molecule has 0 aliphatic carbocycles. The Bertz CT molecular complexity index is 423. The maximum atomic E-state index is 11.7. The molecule has 0 aliphatic rings. The number of carbonyl (C=O) groups is 1. The molecule has 8 heteroatoms. The third-order valence-corrected chi connectivity index (χ3v) is 1.92. The summed E-state index contributed by atoms with van der Waals surface area (Å²) in [5.41, 5.74) is 2.05. The van der Waals surface area contributed by atoms with Crippen molar-refractivity contribution in [1.82, 2.24) is 5.48 Å². The first kappa shape index (κ1) is 15.3. The number of nitrogens with one attached hydrogen (secondary N) is 1. The van der Waals surface area contributed by atoms with Crippen LogP contribution < -0.4 is 10.2 Å². The van der Waals surface area contributed by atoms with Crippen molar-refractivity contribution in [1.29, 1.82) is 0 Å². The van der Waals surface area contributed by atoms with Crippen molar-refractivity contribution in [3.05, 3.63) is 29.8 Å². The van der Waals surface area contributed by atoms with Gasteiger partial charge in [-0.1, -0.05) is 12.1 Å². The molecule has 0 aromatic heterocycles. The average molecular weight is 279 g/mol. The average Bonchev–Trinajstić information content (AvgIpc) is 2.32. The summed E-state index contributed by atoms with van der Waals surface area (Å²) in [7, 11) is 0. The van der Waals surface area contributed by atoms with E-state index in [1.165, 1.54) is 12.1 Å². The van der Waals surface area contributed by atoms with Crippen molar-refractivity contribution in [2.75, 3.05) is 19.8 Å². The third-order valence-electron chi connectivity index (χ3n) is 1.92. The normalized spacial score (nSPS) is 11.3. The van der Waals surface area contributed by atoms with Gasteiger partial charge in [0.25, 0.3) is 0 Å². The summed E-state index contributed by atoms with van der Waals surface area (Å²) >= 11 is 0. The summed E-state index contributed by atoms with van der Waals surface area (Å²) in [5.74, 6) is -0.996. The second-order valence-electron chi connectivity index (χ2n) is 3.45. The fraction of sp³-hybridized carbons (Fsp3) is 0.364. The molecule has 0 spiro atoms. The molecule has 19 heavy (non-hydrogen) atoms. The molecule has 0 bridgehead atoms. The molecule has 5 nitrogen and oxygen atoms in total. The van der Waals surface area contributed by atoms with Crippen LogP contribution in [-0.4, -0.2) is 37.0 Å². The van der Waals surface area contributed by atoms with E-state index in [9.17, 15) is 18.0 Å². The first-order chi connectivity index (χ1) is 8.90. The van der Waals surface area contributed by atoms with Gasteiger partial charge in [0.15, 0.2) is 6.61 Å². The van der Waals surface area contributed by atoms with E-state index in [4.69, 9.17) is 9.84 Å². The number of carboxylic acid groups (broad SMARTS) is 1. The number of ether oxygens (including phenoxy) is 1.